The predicted octanol–water partition coefficient (Wildman–Crippen LogP) is 1.35. The Bertz CT molecular complexity index is 543. The minimum Gasteiger partial charge on any atom is -0.480 e. The number of carbonyl (C=O) groups excluding carboxylic acids is 2. The fourth-order valence-electron chi connectivity index (χ4n) is 2.27. The Balaban J connectivity index is 2.82. The number of carbonyl (C=O) groups is 3. The van der Waals surface area contributed by atoms with E-state index >= 15 is 0 Å². The number of nitrogens with one attached hydrogen (secondary N) is 2. The van der Waals surface area contributed by atoms with Crippen LogP contribution < -0.4 is 10.6 Å². The van der Waals surface area contributed by atoms with E-state index in [9.17, 15) is 19.5 Å². The summed E-state index contributed by atoms with van der Waals surface area (Å²) in [6, 6.07) is 7.49. The van der Waals surface area contributed by atoms with Crippen molar-refractivity contribution in [2.24, 2.45) is 5.92 Å². The number of carboxylic acids is 1. The third-order valence-corrected chi connectivity index (χ3v) is 3.30. The molecule has 0 aliphatic heterocycles. The summed E-state index contributed by atoms with van der Waals surface area (Å²) in [5.41, 5.74) is 0.886. The average Bonchev–Trinajstić information content (AvgIpc) is 2.45. The van der Waals surface area contributed by atoms with E-state index in [1.54, 1.807) is 0 Å². The molecule has 0 unspecified atom stereocenters. The maximum Gasteiger partial charge on any atom is 0.326 e. The van der Waals surface area contributed by atoms with Crippen molar-refractivity contribution in [3.05, 3.63) is 35.9 Å². The van der Waals surface area contributed by atoms with E-state index in [1.165, 1.54) is 6.92 Å². The lowest BCUT2D eigenvalue weighted by Gasteiger charge is -2.22. The van der Waals surface area contributed by atoms with Crippen LogP contribution in [0.4, 0.5) is 0 Å². The summed E-state index contributed by atoms with van der Waals surface area (Å²) in [5, 5.41) is 14.3. The molecule has 23 heavy (non-hydrogen) atoms. The van der Waals surface area contributed by atoms with Gasteiger partial charge in [-0.25, -0.2) is 4.79 Å². The van der Waals surface area contributed by atoms with Crippen molar-refractivity contribution in [2.75, 3.05) is 0 Å². The Morgan fingerprint density at radius 3 is 2.13 bits per heavy atom. The maximum absolute atomic E-state index is 12.4. The molecule has 2 amide bonds. The first-order chi connectivity index (χ1) is 10.8. The highest BCUT2D eigenvalue weighted by atomic mass is 16.4. The van der Waals surface area contributed by atoms with Gasteiger partial charge in [-0.15, -0.1) is 0 Å². The predicted molar refractivity (Wildman–Crippen MR) is 86.8 cm³/mol. The zero-order chi connectivity index (χ0) is 17.4. The Kier molecular flexibility index (Phi) is 7.25. The largest absolute Gasteiger partial charge is 0.480 e. The topological polar surface area (TPSA) is 95.5 Å². The molecule has 0 saturated carbocycles. The van der Waals surface area contributed by atoms with E-state index in [1.807, 2.05) is 44.2 Å². The Morgan fingerprint density at radius 1 is 1.04 bits per heavy atom. The highest BCUT2D eigenvalue weighted by Gasteiger charge is 2.26. The highest BCUT2D eigenvalue weighted by Crippen LogP contribution is 2.07. The Labute approximate surface area is 136 Å². The number of hydrogen-bond acceptors (Lipinski definition) is 3. The van der Waals surface area contributed by atoms with Crippen molar-refractivity contribution in [2.45, 2.75) is 45.7 Å². The van der Waals surface area contributed by atoms with Crippen LogP contribution in [-0.2, 0) is 20.8 Å². The highest BCUT2D eigenvalue weighted by molar-refractivity contribution is 5.90. The zero-order valence-electron chi connectivity index (χ0n) is 13.7. The number of aliphatic carboxylic acids is 1. The van der Waals surface area contributed by atoms with E-state index in [4.69, 9.17) is 0 Å². The van der Waals surface area contributed by atoms with Crippen LogP contribution in [0.2, 0.25) is 0 Å². The monoisotopic (exact) mass is 320 g/mol. The molecule has 0 aliphatic rings. The van der Waals surface area contributed by atoms with Crippen LogP contribution in [0.15, 0.2) is 30.3 Å². The molecule has 3 N–H and O–H groups in total. The van der Waals surface area contributed by atoms with E-state index in [0.717, 1.165) is 5.56 Å². The normalized spacial score (nSPS) is 13.2. The average molecular weight is 320 g/mol. The van der Waals surface area contributed by atoms with Crippen LogP contribution in [0.25, 0.3) is 0 Å². The quantitative estimate of drug-likeness (QED) is 0.674. The van der Waals surface area contributed by atoms with Gasteiger partial charge >= 0.3 is 5.97 Å². The molecule has 126 valence electrons. The van der Waals surface area contributed by atoms with Crippen molar-refractivity contribution in [3.63, 3.8) is 0 Å². The lowest BCUT2D eigenvalue weighted by atomic mass is 10.0. The molecule has 0 fully saturated rings. The number of rotatable bonds is 8. The molecule has 0 heterocycles. The van der Waals surface area contributed by atoms with Gasteiger partial charge in [-0.3, -0.25) is 9.59 Å². The van der Waals surface area contributed by atoms with Gasteiger partial charge in [0.15, 0.2) is 0 Å². The van der Waals surface area contributed by atoms with Gasteiger partial charge in [-0.1, -0.05) is 44.2 Å². The zero-order valence-corrected chi connectivity index (χ0v) is 13.7. The third kappa shape index (κ3) is 6.95. The molecular formula is C17H24N2O4. The van der Waals surface area contributed by atoms with E-state index in [0.29, 0.717) is 12.8 Å². The van der Waals surface area contributed by atoms with E-state index < -0.39 is 24.0 Å². The number of amides is 2. The van der Waals surface area contributed by atoms with Gasteiger partial charge in [0, 0.05) is 13.3 Å². The number of carboxylic acid groups (broad SMARTS) is 1. The second kappa shape index (κ2) is 8.92. The molecular weight excluding hydrogens is 296 g/mol. The molecule has 1 aromatic carbocycles. The van der Waals surface area contributed by atoms with Crippen LogP contribution in [0.5, 0.6) is 0 Å². The SMILES string of the molecule is CC(=O)N[C@@H](Cc1ccccc1)C(=O)N[C@H](CC(C)C)C(=O)O. The van der Waals surface area contributed by atoms with Gasteiger partial charge in [0.1, 0.15) is 12.1 Å². The Morgan fingerprint density at radius 2 is 1.65 bits per heavy atom. The summed E-state index contributed by atoms with van der Waals surface area (Å²) in [7, 11) is 0. The summed E-state index contributed by atoms with van der Waals surface area (Å²) in [6.07, 6.45) is 0.638. The van der Waals surface area contributed by atoms with E-state index in [2.05, 4.69) is 10.6 Å². The molecule has 1 rings (SSSR count). The van der Waals surface area contributed by atoms with Crippen LogP contribution in [-0.4, -0.2) is 35.0 Å². The van der Waals surface area contributed by atoms with Gasteiger partial charge in [-0.05, 0) is 17.9 Å². The minimum absolute atomic E-state index is 0.129. The van der Waals surface area contributed by atoms with Crippen molar-refractivity contribution < 1.29 is 19.5 Å². The van der Waals surface area contributed by atoms with Crippen LogP contribution in [0, 0.1) is 5.92 Å². The lowest BCUT2D eigenvalue weighted by Crippen LogP contribution is -2.52. The van der Waals surface area contributed by atoms with Crippen molar-refractivity contribution in [1.29, 1.82) is 0 Å². The van der Waals surface area contributed by atoms with Gasteiger partial charge in [0.05, 0.1) is 0 Å². The fourth-order valence-corrected chi connectivity index (χ4v) is 2.27. The fraction of sp³-hybridized carbons (Fsp3) is 0.471. The molecule has 0 saturated heterocycles. The molecule has 0 radical (unpaired) electrons. The maximum atomic E-state index is 12.4. The summed E-state index contributed by atoms with van der Waals surface area (Å²) in [5.74, 6) is -1.77. The van der Waals surface area contributed by atoms with Crippen molar-refractivity contribution in [1.82, 2.24) is 10.6 Å². The molecule has 0 aromatic heterocycles. The molecule has 6 heteroatoms. The molecule has 0 bridgehead atoms. The van der Waals surface area contributed by atoms with Crippen LogP contribution in [0.1, 0.15) is 32.8 Å². The number of benzene rings is 1. The summed E-state index contributed by atoms with van der Waals surface area (Å²) >= 11 is 0. The second-order valence-corrected chi connectivity index (χ2v) is 5.97. The molecule has 1 aromatic rings. The Hall–Kier alpha value is -2.37. The second-order valence-electron chi connectivity index (χ2n) is 5.97. The van der Waals surface area contributed by atoms with E-state index in [-0.39, 0.29) is 11.8 Å². The van der Waals surface area contributed by atoms with Crippen LogP contribution >= 0.6 is 0 Å². The molecule has 0 spiro atoms. The third-order valence-electron chi connectivity index (χ3n) is 3.30. The first kappa shape index (κ1) is 18.7. The summed E-state index contributed by atoms with van der Waals surface area (Å²) in [4.78, 5) is 35.0. The van der Waals surface area contributed by atoms with Crippen molar-refractivity contribution >= 4 is 17.8 Å². The van der Waals surface area contributed by atoms with Gasteiger partial charge in [-0.2, -0.15) is 0 Å². The number of hydrogen-bond donors (Lipinski definition) is 3. The van der Waals surface area contributed by atoms with Crippen molar-refractivity contribution in [3.8, 4) is 0 Å². The standard InChI is InChI=1S/C17H24N2O4/c1-11(2)9-15(17(22)23)19-16(21)14(18-12(3)20)10-13-7-5-4-6-8-13/h4-8,11,14-15H,9-10H2,1-3H3,(H,18,20)(H,19,21)(H,22,23)/t14-,15+/m0/s1. The first-order valence-corrected chi connectivity index (χ1v) is 7.63. The molecule has 0 aliphatic carbocycles. The lowest BCUT2D eigenvalue weighted by molar-refractivity contribution is -0.142. The minimum atomic E-state index is -1.08. The van der Waals surface area contributed by atoms with Gasteiger partial charge < -0.3 is 15.7 Å². The summed E-state index contributed by atoms with van der Waals surface area (Å²) < 4.78 is 0. The molecule has 2 atom stereocenters. The van der Waals surface area contributed by atoms with Gasteiger partial charge in [0.2, 0.25) is 11.8 Å². The summed E-state index contributed by atoms with van der Waals surface area (Å²) in [6.45, 7) is 5.10. The first-order valence-electron chi connectivity index (χ1n) is 7.63. The smallest absolute Gasteiger partial charge is 0.326 e. The van der Waals surface area contributed by atoms with Gasteiger partial charge in [0.25, 0.3) is 0 Å². The van der Waals surface area contributed by atoms with Crippen LogP contribution in [0.3, 0.4) is 0 Å². The molecule has 6 nitrogen and oxygen atoms in total.